The Labute approximate surface area is 70.8 Å². The van der Waals surface area contributed by atoms with Crippen LogP contribution in [0, 0.1) is 11.8 Å². The molecule has 1 saturated carbocycles. The third-order valence-corrected chi connectivity index (χ3v) is 2.85. The first-order chi connectivity index (χ1) is 5.34. The summed E-state index contributed by atoms with van der Waals surface area (Å²) in [6.45, 7) is 4.71. The zero-order chi connectivity index (χ0) is 8.69. The van der Waals surface area contributed by atoms with Crippen molar-refractivity contribution in [1.29, 1.82) is 0 Å². The Balaban J connectivity index is 0.000000461. The second-order valence-corrected chi connectivity index (χ2v) is 3.43. The van der Waals surface area contributed by atoms with Crippen molar-refractivity contribution in [1.82, 2.24) is 0 Å². The lowest BCUT2D eigenvalue weighted by Crippen LogP contribution is -2.05. The van der Waals surface area contributed by atoms with Gasteiger partial charge in [0.25, 0.3) is 0 Å². The van der Waals surface area contributed by atoms with E-state index in [2.05, 4.69) is 13.8 Å². The molecule has 0 aliphatic heterocycles. The Bertz CT molecular complexity index is 74.9. The summed E-state index contributed by atoms with van der Waals surface area (Å²) in [7, 11) is 1.00. The highest BCUT2D eigenvalue weighted by Gasteiger charge is 2.19. The average Bonchev–Trinajstić information content (AvgIpc) is 2.59. The highest BCUT2D eigenvalue weighted by molar-refractivity contribution is 4.71. The van der Waals surface area contributed by atoms with E-state index in [0.29, 0.717) is 0 Å². The van der Waals surface area contributed by atoms with E-state index in [1.807, 2.05) is 0 Å². The van der Waals surface area contributed by atoms with Crippen LogP contribution in [0.5, 0.6) is 0 Å². The monoisotopic (exact) mass is 158 g/mol. The normalized spacial score (nSPS) is 20.7. The first-order valence-electron chi connectivity index (χ1n) is 4.79. The van der Waals surface area contributed by atoms with E-state index in [4.69, 9.17) is 5.11 Å². The van der Waals surface area contributed by atoms with Gasteiger partial charge in [0, 0.05) is 7.11 Å². The third-order valence-electron chi connectivity index (χ3n) is 2.85. The van der Waals surface area contributed by atoms with Gasteiger partial charge in [-0.3, -0.25) is 0 Å². The van der Waals surface area contributed by atoms with Crippen molar-refractivity contribution < 1.29 is 5.11 Å². The summed E-state index contributed by atoms with van der Waals surface area (Å²) in [4.78, 5) is 0. The number of rotatable bonds is 2. The van der Waals surface area contributed by atoms with Gasteiger partial charge in [-0.25, -0.2) is 0 Å². The molecule has 1 aliphatic carbocycles. The molecule has 1 nitrogen and oxygen atoms in total. The summed E-state index contributed by atoms with van der Waals surface area (Å²) in [6.07, 6.45) is 7.39. The quantitative estimate of drug-likeness (QED) is 0.655. The van der Waals surface area contributed by atoms with Crippen LogP contribution in [0.15, 0.2) is 0 Å². The second-order valence-electron chi connectivity index (χ2n) is 3.43. The highest BCUT2D eigenvalue weighted by atomic mass is 16.2. The Morgan fingerprint density at radius 3 is 2.09 bits per heavy atom. The molecule has 0 amide bonds. The molecular formula is C10H22O. The van der Waals surface area contributed by atoms with Crippen molar-refractivity contribution >= 4 is 0 Å². The maximum Gasteiger partial charge on any atom is 0.0319 e. The smallest absolute Gasteiger partial charge is 0.0319 e. The number of hydrogen-bond acceptors (Lipinski definition) is 1. The van der Waals surface area contributed by atoms with E-state index in [1.54, 1.807) is 0 Å². The van der Waals surface area contributed by atoms with Gasteiger partial charge in [-0.15, -0.1) is 0 Å². The number of aliphatic hydroxyl groups is 1. The van der Waals surface area contributed by atoms with E-state index in [-0.39, 0.29) is 0 Å². The molecule has 1 fully saturated rings. The van der Waals surface area contributed by atoms with Crippen LogP contribution in [0.1, 0.15) is 46.0 Å². The zero-order valence-electron chi connectivity index (χ0n) is 8.14. The molecule has 1 rings (SSSR count). The van der Waals surface area contributed by atoms with E-state index < -0.39 is 0 Å². The summed E-state index contributed by atoms with van der Waals surface area (Å²) in [5, 5.41) is 7.00. The van der Waals surface area contributed by atoms with Crippen LogP contribution in [0.2, 0.25) is 0 Å². The van der Waals surface area contributed by atoms with E-state index in [9.17, 15) is 0 Å². The minimum Gasteiger partial charge on any atom is -0.400 e. The van der Waals surface area contributed by atoms with Crippen LogP contribution in [-0.2, 0) is 0 Å². The van der Waals surface area contributed by atoms with Gasteiger partial charge in [-0.05, 0) is 11.8 Å². The summed E-state index contributed by atoms with van der Waals surface area (Å²) in [6, 6.07) is 0. The van der Waals surface area contributed by atoms with Crippen molar-refractivity contribution in [2.24, 2.45) is 11.8 Å². The summed E-state index contributed by atoms with van der Waals surface area (Å²) in [5.74, 6) is 2.07. The number of hydrogen-bond donors (Lipinski definition) is 1. The molecule has 0 aromatic rings. The average molecular weight is 158 g/mol. The van der Waals surface area contributed by atoms with Crippen LogP contribution in [0.3, 0.4) is 0 Å². The van der Waals surface area contributed by atoms with Crippen molar-refractivity contribution in [3.63, 3.8) is 0 Å². The molecule has 11 heavy (non-hydrogen) atoms. The van der Waals surface area contributed by atoms with Crippen LogP contribution >= 0.6 is 0 Å². The van der Waals surface area contributed by atoms with Crippen LogP contribution < -0.4 is 0 Å². The van der Waals surface area contributed by atoms with Gasteiger partial charge in [0.05, 0.1) is 0 Å². The number of aliphatic hydroxyl groups excluding tert-OH is 1. The van der Waals surface area contributed by atoms with Crippen LogP contribution in [-0.4, -0.2) is 12.2 Å². The lowest BCUT2D eigenvalue weighted by Gasteiger charge is -2.15. The molecule has 0 bridgehead atoms. The molecule has 1 N–H and O–H groups in total. The second kappa shape index (κ2) is 6.66. The largest absolute Gasteiger partial charge is 0.400 e. The first-order valence-corrected chi connectivity index (χ1v) is 4.79. The van der Waals surface area contributed by atoms with E-state index >= 15 is 0 Å². The summed E-state index contributed by atoms with van der Waals surface area (Å²) < 4.78 is 0. The maximum absolute atomic E-state index is 7.00. The van der Waals surface area contributed by atoms with Gasteiger partial charge < -0.3 is 5.11 Å². The van der Waals surface area contributed by atoms with Gasteiger partial charge >= 0.3 is 0 Å². The van der Waals surface area contributed by atoms with Gasteiger partial charge in [0.15, 0.2) is 0 Å². The topological polar surface area (TPSA) is 20.2 Å². The fourth-order valence-corrected chi connectivity index (χ4v) is 1.86. The summed E-state index contributed by atoms with van der Waals surface area (Å²) in [5.41, 5.74) is 0. The molecule has 0 radical (unpaired) electrons. The Morgan fingerprint density at radius 1 is 1.27 bits per heavy atom. The van der Waals surface area contributed by atoms with Crippen LogP contribution in [0.4, 0.5) is 0 Å². The van der Waals surface area contributed by atoms with Gasteiger partial charge in [0.2, 0.25) is 0 Å². The predicted octanol–water partition coefficient (Wildman–Crippen LogP) is 2.83. The molecule has 68 valence electrons. The van der Waals surface area contributed by atoms with Gasteiger partial charge in [0.1, 0.15) is 0 Å². The molecule has 0 heterocycles. The van der Waals surface area contributed by atoms with Crippen molar-refractivity contribution in [3.05, 3.63) is 0 Å². The Hall–Kier alpha value is -0.0400. The summed E-state index contributed by atoms with van der Waals surface area (Å²) >= 11 is 0. The molecule has 0 saturated heterocycles. The molecule has 1 heteroatoms. The van der Waals surface area contributed by atoms with Gasteiger partial charge in [-0.1, -0.05) is 46.0 Å². The lowest BCUT2D eigenvalue weighted by molar-refractivity contribution is 0.357. The molecule has 0 spiro atoms. The fourth-order valence-electron chi connectivity index (χ4n) is 1.86. The van der Waals surface area contributed by atoms with Crippen molar-refractivity contribution in [2.75, 3.05) is 7.11 Å². The molecular weight excluding hydrogens is 136 g/mol. The van der Waals surface area contributed by atoms with Crippen molar-refractivity contribution in [3.8, 4) is 0 Å². The Kier molecular flexibility index (Phi) is 6.63. The maximum atomic E-state index is 7.00. The van der Waals surface area contributed by atoms with E-state index in [0.717, 1.165) is 18.9 Å². The zero-order valence-corrected chi connectivity index (χ0v) is 8.14. The predicted molar refractivity (Wildman–Crippen MR) is 49.6 cm³/mol. The van der Waals surface area contributed by atoms with Crippen molar-refractivity contribution in [2.45, 2.75) is 46.0 Å². The minimum absolute atomic E-state index is 0.993. The molecule has 0 aromatic carbocycles. The highest BCUT2D eigenvalue weighted by Crippen LogP contribution is 2.32. The third kappa shape index (κ3) is 3.76. The molecule has 1 atom stereocenters. The Morgan fingerprint density at radius 2 is 1.73 bits per heavy atom. The fraction of sp³-hybridized carbons (Fsp3) is 1.00. The first kappa shape index (κ1) is 11.0. The van der Waals surface area contributed by atoms with Gasteiger partial charge in [-0.2, -0.15) is 0 Å². The minimum atomic E-state index is 0.993. The van der Waals surface area contributed by atoms with Crippen LogP contribution in [0.25, 0.3) is 0 Å². The SMILES string of the molecule is CCC(C)C1CCCC1.CO. The van der Waals surface area contributed by atoms with E-state index in [1.165, 1.54) is 32.1 Å². The standard InChI is InChI=1S/C9H18.CH4O/c1-3-8(2)9-6-4-5-7-9;1-2/h8-9H,3-7H2,1-2H3;2H,1H3. The molecule has 1 unspecified atom stereocenters. The molecule has 0 aromatic heterocycles. The molecule has 1 aliphatic rings. The lowest BCUT2D eigenvalue weighted by atomic mass is 9.91.